The van der Waals surface area contributed by atoms with E-state index in [2.05, 4.69) is 0 Å². The lowest BCUT2D eigenvalue weighted by Gasteiger charge is -2.28. The van der Waals surface area contributed by atoms with Crippen LogP contribution in [-0.2, 0) is 16.1 Å². The van der Waals surface area contributed by atoms with Crippen molar-refractivity contribution in [1.29, 1.82) is 0 Å². The summed E-state index contributed by atoms with van der Waals surface area (Å²) in [5, 5.41) is 12.0. The van der Waals surface area contributed by atoms with Gasteiger partial charge in [-0.3, -0.25) is 24.6 Å². The Balaban J connectivity index is 1.58. The number of nitro groups is 1. The van der Waals surface area contributed by atoms with Crippen LogP contribution in [-0.4, -0.2) is 47.3 Å². The highest BCUT2D eigenvalue weighted by atomic mass is 35.5. The van der Waals surface area contributed by atoms with Gasteiger partial charge in [0.25, 0.3) is 16.8 Å². The first-order valence-electron chi connectivity index (χ1n) is 9.64. The summed E-state index contributed by atoms with van der Waals surface area (Å²) < 4.78 is 5.31. The molecule has 2 aliphatic rings. The quantitative estimate of drug-likeness (QED) is 0.329. The van der Waals surface area contributed by atoms with Crippen molar-refractivity contribution in [3.05, 3.63) is 72.6 Å². The normalized spacial score (nSPS) is 18.0. The molecule has 166 valence electrons. The van der Waals surface area contributed by atoms with Crippen LogP contribution in [0.25, 0.3) is 6.08 Å². The van der Waals surface area contributed by atoms with Crippen molar-refractivity contribution in [3.63, 3.8) is 0 Å². The molecule has 4 rings (SSSR count). The molecule has 0 spiro atoms. The maximum absolute atomic E-state index is 12.8. The standard InChI is InChI=1S/C21H17Cl2N3O5S/c22-15-3-2-14(16(23)11-15)12-25-20(27)19(32-21(25)28)10-13-1-4-17(18(9-13)26(29)30)24-5-7-31-8-6-24/h1-4,9-11H,5-8,12H2/b19-10-. The zero-order chi connectivity index (χ0) is 22.8. The predicted molar refractivity (Wildman–Crippen MR) is 124 cm³/mol. The number of halogens is 2. The summed E-state index contributed by atoms with van der Waals surface area (Å²) in [5.41, 5.74) is 1.49. The number of hydrogen-bond donors (Lipinski definition) is 0. The van der Waals surface area contributed by atoms with E-state index in [9.17, 15) is 19.7 Å². The number of morpholine rings is 1. The number of thioether (sulfide) groups is 1. The minimum Gasteiger partial charge on any atom is -0.378 e. The third kappa shape index (κ3) is 4.75. The van der Waals surface area contributed by atoms with Gasteiger partial charge in [-0.05, 0) is 47.2 Å². The Morgan fingerprint density at radius 1 is 1.12 bits per heavy atom. The number of benzene rings is 2. The molecule has 0 saturated carbocycles. The zero-order valence-electron chi connectivity index (χ0n) is 16.6. The van der Waals surface area contributed by atoms with Crippen LogP contribution < -0.4 is 4.90 Å². The summed E-state index contributed by atoms with van der Waals surface area (Å²) in [5.74, 6) is -0.481. The Hall–Kier alpha value is -2.59. The molecule has 0 N–H and O–H groups in total. The van der Waals surface area contributed by atoms with E-state index in [4.69, 9.17) is 27.9 Å². The third-order valence-electron chi connectivity index (χ3n) is 5.06. The van der Waals surface area contributed by atoms with E-state index in [1.165, 1.54) is 12.1 Å². The first-order valence-corrected chi connectivity index (χ1v) is 11.2. The fourth-order valence-electron chi connectivity index (χ4n) is 3.46. The smallest absolute Gasteiger partial charge is 0.293 e. The molecular weight excluding hydrogens is 477 g/mol. The average Bonchev–Trinajstić information content (AvgIpc) is 3.03. The van der Waals surface area contributed by atoms with Gasteiger partial charge in [-0.25, -0.2) is 0 Å². The topological polar surface area (TPSA) is 93.0 Å². The van der Waals surface area contributed by atoms with Gasteiger partial charge in [0.1, 0.15) is 5.69 Å². The summed E-state index contributed by atoms with van der Waals surface area (Å²) in [4.78, 5) is 39.6. The zero-order valence-corrected chi connectivity index (χ0v) is 19.0. The molecule has 2 amide bonds. The number of rotatable bonds is 5. The lowest BCUT2D eigenvalue weighted by atomic mass is 10.1. The highest BCUT2D eigenvalue weighted by molar-refractivity contribution is 8.18. The number of ether oxygens (including phenoxy) is 1. The van der Waals surface area contributed by atoms with Gasteiger partial charge in [-0.2, -0.15) is 0 Å². The number of nitro benzene ring substituents is 1. The molecule has 0 aliphatic carbocycles. The van der Waals surface area contributed by atoms with Crippen molar-refractivity contribution in [2.75, 3.05) is 31.2 Å². The largest absolute Gasteiger partial charge is 0.378 e. The molecule has 0 radical (unpaired) electrons. The maximum Gasteiger partial charge on any atom is 0.293 e. The van der Waals surface area contributed by atoms with Crippen molar-refractivity contribution in [3.8, 4) is 0 Å². The summed E-state index contributed by atoms with van der Waals surface area (Å²) in [7, 11) is 0. The molecule has 2 heterocycles. The van der Waals surface area contributed by atoms with Gasteiger partial charge in [0.2, 0.25) is 0 Å². The number of anilines is 1. The van der Waals surface area contributed by atoms with Gasteiger partial charge in [-0.15, -0.1) is 0 Å². The maximum atomic E-state index is 12.8. The summed E-state index contributed by atoms with van der Waals surface area (Å²) in [6.07, 6.45) is 1.49. The average molecular weight is 494 g/mol. The predicted octanol–water partition coefficient (Wildman–Crippen LogP) is 4.97. The van der Waals surface area contributed by atoms with E-state index in [-0.39, 0.29) is 17.1 Å². The lowest BCUT2D eigenvalue weighted by Crippen LogP contribution is -2.36. The minimum absolute atomic E-state index is 0.00806. The van der Waals surface area contributed by atoms with Gasteiger partial charge >= 0.3 is 0 Å². The summed E-state index contributed by atoms with van der Waals surface area (Å²) >= 11 is 12.8. The molecule has 2 aromatic carbocycles. The van der Waals surface area contributed by atoms with E-state index in [0.29, 0.717) is 53.2 Å². The van der Waals surface area contributed by atoms with Crippen LogP contribution in [0.3, 0.4) is 0 Å². The van der Waals surface area contributed by atoms with E-state index >= 15 is 0 Å². The Morgan fingerprint density at radius 2 is 1.88 bits per heavy atom. The Morgan fingerprint density at radius 3 is 2.56 bits per heavy atom. The second-order valence-electron chi connectivity index (χ2n) is 7.11. The van der Waals surface area contributed by atoms with Crippen LogP contribution in [0.15, 0.2) is 41.3 Å². The van der Waals surface area contributed by atoms with Crippen LogP contribution >= 0.6 is 35.0 Å². The number of carbonyl (C=O) groups excluding carboxylic acids is 2. The number of hydrogen-bond acceptors (Lipinski definition) is 7. The fraction of sp³-hybridized carbons (Fsp3) is 0.238. The van der Waals surface area contributed by atoms with E-state index in [0.717, 1.165) is 16.7 Å². The Kier molecular flexibility index (Phi) is 6.71. The summed E-state index contributed by atoms with van der Waals surface area (Å²) in [6.45, 7) is 2.14. The molecule has 2 saturated heterocycles. The summed E-state index contributed by atoms with van der Waals surface area (Å²) in [6, 6.07) is 9.60. The molecule has 2 aliphatic heterocycles. The van der Waals surface area contributed by atoms with Crippen LogP contribution in [0, 0.1) is 10.1 Å². The monoisotopic (exact) mass is 493 g/mol. The number of imide groups is 1. The number of amides is 2. The Labute approximate surface area is 197 Å². The minimum atomic E-state index is -0.481. The van der Waals surface area contributed by atoms with E-state index < -0.39 is 16.1 Å². The van der Waals surface area contributed by atoms with Gasteiger partial charge in [0.05, 0.1) is 29.6 Å². The Bertz CT molecular complexity index is 1130. The second-order valence-corrected chi connectivity index (χ2v) is 8.95. The lowest BCUT2D eigenvalue weighted by molar-refractivity contribution is -0.384. The second kappa shape index (κ2) is 9.50. The highest BCUT2D eigenvalue weighted by Gasteiger charge is 2.35. The van der Waals surface area contributed by atoms with Gasteiger partial charge in [-0.1, -0.05) is 35.3 Å². The van der Waals surface area contributed by atoms with E-state index in [1.807, 2.05) is 4.90 Å². The van der Waals surface area contributed by atoms with Crippen molar-refractivity contribution in [2.24, 2.45) is 0 Å². The van der Waals surface area contributed by atoms with Crippen molar-refractivity contribution in [1.82, 2.24) is 4.90 Å². The molecule has 0 bridgehead atoms. The molecule has 0 aromatic heterocycles. The SMILES string of the molecule is O=C1S/C(=C\c2ccc(N3CCOCC3)c([N+](=O)[O-])c2)C(=O)N1Cc1ccc(Cl)cc1Cl. The first kappa shape index (κ1) is 22.6. The van der Waals surface area contributed by atoms with Gasteiger partial charge in [0, 0.05) is 29.2 Å². The van der Waals surface area contributed by atoms with E-state index in [1.54, 1.807) is 30.3 Å². The fourth-order valence-corrected chi connectivity index (χ4v) is 4.76. The van der Waals surface area contributed by atoms with Crippen molar-refractivity contribution >= 4 is 63.6 Å². The molecule has 2 aromatic rings. The molecule has 2 fully saturated rings. The third-order valence-corrected chi connectivity index (χ3v) is 6.56. The number of nitrogens with zero attached hydrogens (tertiary/aromatic N) is 3. The molecule has 8 nitrogen and oxygen atoms in total. The highest BCUT2D eigenvalue weighted by Crippen LogP contribution is 2.36. The van der Waals surface area contributed by atoms with Crippen molar-refractivity contribution in [2.45, 2.75) is 6.54 Å². The molecule has 0 unspecified atom stereocenters. The molecule has 11 heteroatoms. The van der Waals surface area contributed by atoms with Crippen molar-refractivity contribution < 1.29 is 19.2 Å². The van der Waals surface area contributed by atoms with Crippen LogP contribution in [0.1, 0.15) is 11.1 Å². The van der Waals surface area contributed by atoms with Gasteiger partial charge in [0.15, 0.2) is 0 Å². The molecular formula is C21H17Cl2N3O5S. The van der Waals surface area contributed by atoms with Crippen LogP contribution in [0.4, 0.5) is 16.2 Å². The molecule has 32 heavy (non-hydrogen) atoms. The first-order chi connectivity index (χ1) is 15.3. The number of carbonyl (C=O) groups is 2. The molecule has 0 atom stereocenters. The van der Waals surface area contributed by atoms with Crippen LogP contribution in [0.5, 0.6) is 0 Å². The van der Waals surface area contributed by atoms with Crippen LogP contribution in [0.2, 0.25) is 10.0 Å². The van der Waals surface area contributed by atoms with Gasteiger partial charge < -0.3 is 9.64 Å².